The molecule has 21 heavy (non-hydrogen) atoms. The van der Waals surface area contributed by atoms with Crippen molar-refractivity contribution in [1.82, 2.24) is 0 Å². The fraction of sp³-hybridized carbons (Fsp3) is 0.357. The van der Waals surface area contributed by atoms with E-state index >= 15 is 0 Å². The van der Waals surface area contributed by atoms with Gasteiger partial charge in [-0.2, -0.15) is 0 Å². The molecule has 0 bridgehead atoms. The number of hydrogen-bond acceptors (Lipinski definition) is 4. The van der Waals surface area contributed by atoms with Crippen LogP contribution in [-0.2, 0) is 20.8 Å². The van der Waals surface area contributed by atoms with Gasteiger partial charge in [-0.25, -0.2) is 0 Å². The van der Waals surface area contributed by atoms with E-state index in [1.165, 1.54) is 0 Å². The maximum absolute atomic E-state index is 11.5. The van der Waals surface area contributed by atoms with E-state index in [9.17, 15) is 9.59 Å². The van der Waals surface area contributed by atoms with E-state index in [1.54, 1.807) is 25.3 Å². The van der Waals surface area contributed by atoms with E-state index in [-0.39, 0.29) is 12.3 Å². The first-order valence-electron chi connectivity index (χ1n) is 6.22. The highest BCUT2D eigenvalue weighted by molar-refractivity contribution is 5.95. The van der Waals surface area contributed by atoms with Crippen LogP contribution in [0.15, 0.2) is 18.2 Å². The van der Waals surface area contributed by atoms with E-state index in [0.717, 1.165) is 12.5 Å². The molecule has 0 aromatic heterocycles. The second-order valence-corrected chi connectivity index (χ2v) is 4.53. The maximum Gasteiger partial charge on any atom is 0.307 e. The summed E-state index contributed by atoms with van der Waals surface area (Å²) in [5.74, 6) is -2.07. The van der Waals surface area contributed by atoms with Crippen LogP contribution in [0.4, 0.5) is 5.69 Å². The van der Waals surface area contributed by atoms with Gasteiger partial charge in [-0.1, -0.05) is 6.07 Å². The van der Waals surface area contributed by atoms with Crippen LogP contribution in [0.5, 0.6) is 5.75 Å². The Morgan fingerprint density at radius 3 is 2.43 bits per heavy atom. The Morgan fingerprint density at radius 1 is 1.29 bits per heavy atom. The highest BCUT2D eigenvalue weighted by Gasteiger charge is 2.26. The molecule has 7 heteroatoms. The number of carbonyl (C=O) groups excluding carboxylic acids is 1. The molecule has 0 spiro atoms. The van der Waals surface area contributed by atoms with E-state index in [4.69, 9.17) is 19.7 Å². The molecule has 0 fully saturated rings. The van der Waals surface area contributed by atoms with Gasteiger partial charge in [0.05, 0.1) is 13.0 Å². The number of anilines is 1. The average Bonchev–Trinajstić information content (AvgIpc) is 2.55. The van der Waals surface area contributed by atoms with Crippen molar-refractivity contribution >= 4 is 23.5 Å². The predicted molar refractivity (Wildman–Crippen MR) is 74.4 cm³/mol. The fourth-order valence-electron chi connectivity index (χ4n) is 1.91. The van der Waals surface area contributed by atoms with Crippen LogP contribution in [0.3, 0.4) is 0 Å². The number of carbonyl (C=O) groups is 3. The lowest BCUT2D eigenvalue weighted by Gasteiger charge is -2.09. The number of carboxylic acids is 2. The van der Waals surface area contributed by atoms with Gasteiger partial charge in [0, 0.05) is 25.1 Å². The third-order valence-electron chi connectivity index (χ3n) is 2.84. The van der Waals surface area contributed by atoms with Gasteiger partial charge >= 0.3 is 5.97 Å². The van der Waals surface area contributed by atoms with Crippen LogP contribution in [0.25, 0.3) is 0 Å². The Labute approximate surface area is 121 Å². The molecule has 0 saturated carbocycles. The molecule has 1 heterocycles. The van der Waals surface area contributed by atoms with Crippen LogP contribution in [0.2, 0.25) is 0 Å². The molecule has 1 aromatic rings. The topological polar surface area (TPSA) is 113 Å². The molecule has 7 nitrogen and oxygen atoms in total. The Balaban J connectivity index is 0.000000491. The third-order valence-corrected chi connectivity index (χ3v) is 2.84. The van der Waals surface area contributed by atoms with Crippen molar-refractivity contribution in [1.29, 1.82) is 0 Å². The molecule has 1 amide bonds. The number of carboxylic acid groups (broad SMARTS) is 2. The molecule has 2 rings (SSSR count). The lowest BCUT2D eigenvalue weighted by atomic mass is 9.97. The molecular weight excluding hydrogens is 278 g/mol. The van der Waals surface area contributed by atoms with Gasteiger partial charge < -0.3 is 20.3 Å². The number of aliphatic carboxylic acids is 2. The molecule has 1 aromatic carbocycles. The highest BCUT2D eigenvalue weighted by atomic mass is 16.5. The molecule has 0 saturated heterocycles. The molecule has 114 valence electrons. The smallest absolute Gasteiger partial charge is 0.307 e. The largest absolute Gasteiger partial charge is 0.497 e. The zero-order valence-electron chi connectivity index (χ0n) is 11.8. The molecule has 1 atom stereocenters. The SMILES string of the molecule is CC(=O)O.COc1ccc2c(c1)NC(=O)CC(C(=O)O)C2. The molecular formula is C14H17NO6. The van der Waals surface area contributed by atoms with Gasteiger partial charge in [-0.05, 0) is 18.1 Å². The van der Waals surface area contributed by atoms with Gasteiger partial charge in [-0.3, -0.25) is 14.4 Å². The zero-order chi connectivity index (χ0) is 16.0. The normalized spacial score (nSPS) is 16.5. The van der Waals surface area contributed by atoms with Gasteiger partial charge in [0.2, 0.25) is 5.91 Å². The van der Waals surface area contributed by atoms with Crippen LogP contribution in [0.1, 0.15) is 18.9 Å². The monoisotopic (exact) mass is 295 g/mol. The number of rotatable bonds is 2. The standard InChI is InChI=1S/C12H13NO4.C2H4O2/c1-17-9-3-2-7-4-8(12(15)16)5-11(14)13-10(7)6-9;1-2(3)4/h2-3,6,8H,4-5H2,1H3,(H,13,14)(H,15,16);1H3,(H,3,4). The van der Waals surface area contributed by atoms with E-state index < -0.39 is 17.9 Å². The van der Waals surface area contributed by atoms with Crippen molar-refractivity contribution < 1.29 is 29.3 Å². The van der Waals surface area contributed by atoms with Crippen LogP contribution in [-0.4, -0.2) is 35.2 Å². The van der Waals surface area contributed by atoms with Crippen LogP contribution >= 0.6 is 0 Å². The zero-order valence-corrected chi connectivity index (χ0v) is 11.8. The number of benzene rings is 1. The number of fused-ring (bicyclic) bond motifs is 1. The van der Waals surface area contributed by atoms with Crippen LogP contribution < -0.4 is 10.1 Å². The summed E-state index contributed by atoms with van der Waals surface area (Å²) < 4.78 is 5.06. The molecule has 1 unspecified atom stereocenters. The van der Waals surface area contributed by atoms with Crippen molar-refractivity contribution in [3.05, 3.63) is 23.8 Å². The highest BCUT2D eigenvalue weighted by Crippen LogP contribution is 2.28. The van der Waals surface area contributed by atoms with E-state index in [2.05, 4.69) is 5.32 Å². The minimum absolute atomic E-state index is 0.00628. The first-order valence-corrected chi connectivity index (χ1v) is 6.22. The van der Waals surface area contributed by atoms with Crippen LogP contribution in [0, 0.1) is 5.92 Å². The summed E-state index contributed by atoms with van der Waals surface area (Å²) in [6.07, 6.45) is 0.361. The fourth-order valence-corrected chi connectivity index (χ4v) is 1.91. The van der Waals surface area contributed by atoms with Gasteiger partial charge in [0.25, 0.3) is 5.97 Å². The first-order chi connectivity index (χ1) is 9.83. The van der Waals surface area contributed by atoms with Crippen molar-refractivity contribution in [2.45, 2.75) is 19.8 Å². The van der Waals surface area contributed by atoms with E-state index in [1.807, 2.05) is 0 Å². The second kappa shape index (κ2) is 7.28. The van der Waals surface area contributed by atoms with Crippen molar-refractivity contribution in [3.63, 3.8) is 0 Å². The Morgan fingerprint density at radius 2 is 1.90 bits per heavy atom. The summed E-state index contributed by atoms with van der Waals surface area (Å²) in [4.78, 5) is 31.5. The summed E-state index contributed by atoms with van der Waals surface area (Å²) in [6, 6.07) is 5.25. The maximum atomic E-state index is 11.5. The second-order valence-electron chi connectivity index (χ2n) is 4.53. The summed E-state index contributed by atoms with van der Waals surface area (Å²) in [5.41, 5.74) is 1.46. The molecule has 0 aliphatic carbocycles. The van der Waals surface area contributed by atoms with Gasteiger partial charge in [0.1, 0.15) is 5.75 Å². The third kappa shape index (κ3) is 5.13. The molecule has 0 radical (unpaired) electrons. The summed E-state index contributed by atoms with van der Waals surface area (Å²) in [6.45, 7) is 1.08. The Bertz CT molecular complexity index is 550. The Kier molecular flexibility index (Phi) is 5.71. The number of nitrogens with one attached hydrogen (secondary N) is 1. The lowest BCUT2D eigenvalue weighted by molar-refractivity contribution is -0.143. The molecule has 1 aliphatic heterocycles. The van der Waals surface area contributed by atoms with Crippen molar-refractivity contribution in [2.24, 2.45) is 5.92 Å². The number of methoxy groups -OCH3 is 1. The average molecular weight is 295 g/mol. The summed E-state index contributed by atoms with van der Waals surface area (Å²) >= 11 is 0. The summed E-state index contributed by atoms with van der Waals surface area (Å²) in [5, 5.41) is 19.1. The molecule has 1 aliphatic rings. The predicted octanol–water partition coefficient (Wildman–Crippen LogP) is 1.37. The lowest BCUT2D eigenvalue weighted by Crippen LogP contribution is -2.20. The number of ether oxygens (including phenoxy) is 1. The van der Waals surface area contributed by atoms with Crippen molar-refractivity contribution in [2.75, 3.05) is 12.4 Å². The summed E-state index contributed by atoms with van der Waals surface area (Å²) in [7, 11) is 1.54. The minimum atomic E-state index is -0.941. The number of hydrogen-bond donors (Lipinski definition) is 3. The number of amides is 1. The van der Waals surface area contributed by atoms with E-state index in [0.29, 0.717) is 17.9 Å². The van der Waals surface area contributed by atoms with Crippen molar-refractivity contribution in [3.8, 4) is 5.75 Å². The van der Waals surface area contributed by atoms with Gasteiger partial charge in [0.15, 0.2) is 0 Å². The Hall–Kier alpha value is -2.57. The quantitative estimate of drug-likeness (QED) is 0.759. The van der Waals surface area contributed by atoms with Gasteiger partial charge in [-0.15, -0.1) is 0 Å². The molecule has 3 N–H and O–H groups in total. The first kappa shape index (κ1) is 16.5. The minimum Gasteiger partial charge on any atom is -0.497 e.